The predicted octanol–water partition coefficient (Wildman–Crippen LogP) is 2.39. The molecule has 0 spiro atoms. The Morgan fingerprint density at radius 3 is 2.86 bits per heavy atom. The molecule has 1 aliphatic carbocycles. The Hall–Kier alpha value is -1.62. The van der Waals surface area contributed by atoms with Gasteiger partial charge < -0.3 is 0 Å². The highest BCUT2D eigenvalue weighted by Crippen LogP contribution is 2.26. The highest BCUT2D eigenvalue weighted by molar-refractivity contribution is 5.99. The van der Waals surface area contributed by atoms with Crippen LogP contribution >= 0.6 is 0 Å². The van der Waals surface area contributed by atoms with Crippen molar-refractivity contribution in [2.45, 2.75) is 26.2 Å². The molecule has 0 atom stereocenters. The number of ketones is 1. The number of hydrogen-bond acceptors (Lipinski definition) is 2. The number of hydrogen-bond donors (Lipinski definition) is 0. The maximum atomic E-state index is 11.6. The van der Waals surface area contributed by atoms with E-state index >= 15 is 0 Å². The van der Waals surface area contributed by atoms with Crippen LogP contribution < -0.4 is 0 Å². The van der Waals surface area contributed by atoms with Crippen molar-refractivity contribution < 1.29 is 4.79 Å². The van der Waals surface area contributed by atoms with Crippen LogP contribution in [-0.2, 0) is 6.42 Å². The molecule has 0 heterocycles. The second kappa shape index (κ2) is 3.26. The lowest BCUT2D eigenvalue weighted by molar-refractivity contribution is 0.0972. The minimum Gasteiger partial charge on any atom is -0.294 e. The Morgan fingerprint density at radius 1 is 1.36 bits per heavy atom. The van der Waals surface area contributed by atoms with Gasteiger partial charge in [-0.1, -0.05) is 12.1 Å². The van der Waals surface area contributed by atoms with Crippen LogP contribution in [-0.4, -0.2) is 5.78 Å². The first-order chi connectivity index (χ1) is 6.74. The topological polar surface area (TPSA) is 40.9 Å². The molecule has 70 valence electrons. The maximum Gasteiger partial charge on any atom is 0.163 e. The summed E-state index contributed by atoms with van der Waals surface area (Å²) in [6, 6.07) is 5.91. The average Bonchev–Trinajstić information content (AvgIpc) is 2.18. The normalized spacial score (nSPS) is 14.7. The summed E-state index contributed by atoms with van der Waals surface area (Å²) in [6.45, 7) is 1.91. The summed E-state index contributed by atoms with van der Waals surface area (Å²) in [5.41, 5.74) is 3.40. The molecule has 14 heavy (non-hydrogen) atoms. The van der Waals surface area contributed by atoms with Crippen LogP contribution in [0.1, 0.15) is 39.9 Å². The molecule has 0 amide bonds. The number of nitrogens with zero attached hydrogens (tertiary/aromatic N) is 1. The van der Waals surface area contributed by atoms with Crippen molar-refractivity contribution in [3.8, 4) is 6.07 Å². The third-order valence-corrected chi connectivity index (χ3v) is 2.76. The quantitative estimate of drug-likeness (QED) is 0.622. The van der Waals surface area contributed by atoms with Crippen LogP contribution in [0.2, 0.25) is 0 Å². The van der Waals surface area contributed by atoms with Crippen molar-refractivity contribution in [2.24, 2.45) is 0 Å². The van der Waals surface area contributed by atoms with Crippen molar-refractivity contribution in [1.29, 1.82) is 5.26 Å². The molecule has 0 N–H and O–H groups in total. The van der Waals surface area contributed by atoms with E-state index in [9.17, 15) is 4.79 Å². The monoisotopic (exact) mass is 185 g/mol. The highest BCUT2D eigenvalue weighted by atomic mass is 16.1. The predicted molar refractivity (Wildman–Crippen MR) is 53.2 cm³/mol. The lowest BCUT2D eigenvalue weighted by Crippen LogP contribution is -2.12. The van der Waals surface area contributed by atoms with Crippen LogP contribution in [0.3, 0.4) is 0 Å². The Balaban J connectivity index is 2.69. The summed E-state index contributed by atoms with van der Waals surface area (Å²) < 4.78 is 0. The van der Waals surface area contributed by atoms with Crippen LogP contribution in [0.25, 0.3) is 0 Å². The number of benzene rings is 1. The molecule has 2 nitrogen and oxygen atoms in total. The molecule has 1 aromatic rings. The lowest BCUT2D eigenvalue weighted by Gasteiger charge is -2.16. The van der Waals surface area contributed by atoms with Crippen LogP contribution in [0.15, 0.2) is 12.1 Å². The van der Waals surface area contributed by atoms with Crippen molar-refractivity contribution in [3.05, 3.63) is 34.4 Å². The number of Topliss-reactive ketones (excluding diaryl/α,β-unsaturated/α-hetero) is 1. The SMILES string of the molecule is Cc1ccc2c(c1C#N)CCCC2=O. The third-order valence-electron chi connectivity index (χ3n) is 2.76. The Kier molecular flexibility index (Phi) is 2.09. The molecular weight excluding hydrogens is 174 g/mol. The van der Waals surface area contributed by atoms with E-state index in [1.54, 1.807) is 0 Å². The van der Waals surface area contributed by atoms with Crippen LogP contribution in [0, 0.1) is 18.3 Å². The van der Waals surface area contributed by atoms with Gasteiger partial charge in [-0.2, -0.15) is 5.26 Å². The Bertz CT molecular complexity index is 440. The third kappa shape index (κ3) is 1.22. The lowest BCUT2D eigenvalue weighted by atomic mass is 9.86. The summed E-state index contributed by atoms with van der Waals surface area (Å²) in [5.74, 6) is 0.183. The average molecular weight is 185 g/mol. The van der Waals surface area contributed by atoms with E-state index in [0.717, 1.165) is 29.5 Å². The first kappa shape index (κ1) is 8.96. The van der Waals surface area contributed by atoms with Gasteiger partial charge in [-0.25, -0.2) is 0 Å². The molecule has 0 bridgehead atoms. The zero-order valence-electron chi connectivity index (χ0n) is 8.13. The van der Waals surface area contributed by atoms with Crippen LogP contribution in [0.4, 0.5) is 0 Å². The molecule has 2 rings (SSSR count). The van der Waals surface area contributed by atoms with E-state index in [-0.39, 0.29) is 5.78 Å². The second-order valence-electron chi connectivity index (χ2n) is 3.67. The van der Waals surface area contributed by atoms with Crippen LogP contribution in [0.5, 0.6) is 0 Å². The summed E-state index contributed by atoms with van der Waals surface area (Å²) in [5, 5.41) is 9.00. The van der Waals surface area contributed by atoms with Crippen molar-refractivity contribution in [1.82, 2.24) is 0 Å². The van der Waals surface area contributed by atoms with E-state index < -0.39 is 0 Å². The van der Waals surface area contributed by atoms with E-state index in [4.69, 9.17) is 5.26 Å². The number of nitriles is 1. The molecule has 0 unspecified atom stereocenters. The van der Waals surface area contributed by atoms with E-state index in [2.05, 4.69) is 6.07 Å². The fourth-order valence-electron chi connectivity index (χ4n) is 2.00. The van der Waals surface area contributed by atoms with Gasteiger partial charge in [-0.3, -0.25) is 4.79 Å². The van der Waals surface area contributed by atoms with E-state index in [1.165, 1.54) is 0 Å². The summed E-state index contributed by atoms with van der Waals surface area (Å²) in [4.78, 5) is 11.6. The molecule has 2 heteroatoms. The zero-order chi connectivity index (χ0) is 10.1. The van der Waals surface area contributed by atoms with Gasteiger partial charge in [0.15, 0.2) is 5.78 Å². The highest BCUT2D eigenvalue weighted by Gasteiger charge is 2.20. The Labute approximate surface area is 83.2 Å². The van der Waals surface area contributed by atoms with Gasteiger partial charge in [-0.15, -0.1) is 0 Å². The maximum absolute atomic E-state index is 11.6. The first-order valence-electron chi connectivity index (χ1n) is 4.80. The number of rotatable bonds is 0. The van der Waals surface area contributed by atoms with Gasteiger partial charge in [0.25, 0.3) is 0 Å². The molecule has 0 saturated heterocycles. The standard InChI is InChI=1S/C12H11NO/c1-8-5-6-10-9(11(8)7-13)3-2-4-12(10)14/h5-6H,2-4H2,1H3. The molecule has 1 aromatic carbocycles. The number of aryl methyl sites for hydroxylation is 1. The minimum absolute atomic E-state index is 0.183. The first-order valence-corrected chi connectivity index (χ1v) is 4.80. The molecule has 1 aliphatic rings. The van der Waals surface area contributed by atoms with Crippen molar-refractivity contribution in [3.63, 3.8) is 0 Å². The van der Waals surface area contributed by atoms with E-state index in [1.807, 2.05) is 19.1 Å². The van der Waals surface area contributed by atoms with Gasteiger partial charge in [-0.05, 0) is 30.9 Å². The summed E-state index contributed by atoms with van der Waals surface area (Å²) in [7, 11) is 0. The van der Waals surface area contributed by atoms with Crippen molar-refractivity contribution >= 4 is 5.78 Å². The molecule has 0 saturated carbocycles. The Morgan fingerprint density at radius 2 is 2.14 bits per heavy atom. The zero-order valence-corrected chi connectivity index (χ0v) is 8.13. The fourth-order valence-corrected chi connectivity index (χ4v) is 2.00. The number of carbonyl (C=O) groups excluding carboxylic acids is 1. The van der Waals surface area contributed by atoms with Gasteiger partial charge in [0.1, 0.15) is 0 Å². The summed E-state index contributed by atoms with van der Waals surface area (Å²) >= 11 is 0. The molecule has 0 fully saturated rings. The number of carbonyl (C=O) groups is 1. The summed E-state index contributed by atoms with van der Waals surface area (Å²) in [6.07, 6.45) is 2.37. The molecule has 0 aliphatic heterocycles. The van der Waals surface area contributed by atoms with Gasteiger partial charge >= 0.3 is 0 Å². The largest absolute Gasteiger partial charge is 0.294 e. The van der Waals surface area contributed by atoms with E-state index in [0.29, 0.717) is 12.0 Å². The fraction of sp³-hybridized carbons (Fsp3) is 0.333. The van der Waals surface area contributed by atoms with Gasteiger partial charge in [0.2, 0.25) is 0 Å². The molecule has 0 radical (unpaired) electrons. The smallest absolute Gasteiger partial charge is 0.163 e. The molecular formula is C12H11NO. The van der Waals surface area contributed by atoms with Gasteiger partial charge in [0, 0.05) is 12.0 Å². The minimum atomic E-state index is 0.183. The number of fused-ring (bicyclic) bond motifs is 1. The second-order valence-corrected chi connectivity index (χ2v) is 3.67. The van der Waals surface area contributed by atoms with Gasteiger partial charge in [0.05, 0.1) is 11.6 Å². The molecule has 0 aromatic heterocycles. The van der Waals surface area contributed by atoms with Crippen molar-refractivity contribution in [2.75, 3.05) is 0 Å².